The van der Waals surface area contributed by atoms with Crippen LogP contribution in [0.5, 0.6) is 5.75 Å². The summed E-state index contributed by atoms with van der Waals surface area (Å²) >= 11 is 3.44. The van der Waals surface area contributed by atoms with Gasteiger partial charge in [-0.25, -0.2) is 0 Å². The first-order valence-corrected chi connectivity index (χ1v) is 6.35. The largest absolute Gasteiger partial charge is 0.492 e. The number of fused-ring (bicyclic) bond motifs is 3. The zero-order valence-corrected chi connectivity index (χ0v) is 11.0. The molecule has 0 spiro atoms. The fourth-order valence-electron chi connectivity index (χ4n) is 2.19. The van der Waals surface area contributed by atoms with Crippen LogP contribution < -0.4 is 4.74 Å². The van der Waals surface area contributed by atoms with Crippen molar-refractivity contribution in [3.63, 3.8) is 0 Å². The van der Waals surface area contributed by atoms with Gasteiger partial charge in [0.2, 0.25) is 0 Å². The van der Waals surface area contributed by atoms with Crippen molar-refractivity contribution >= 4 is 32.5 Å². The summed E-state index contributed by atoms with van der Waals surface area (Å²) in [6.45, 7) is 2.39. The van der Waals surface area contributed by atoms with Gasteiger partial charge in [-0.15, -0.1) is 0 Å². The van der Waals surface area contributed by atoms with Gasteiger partial charge in [-0.05, 0) is 29.0 Å². The van der Waals surface area contributed by atoms with Crippen LogP contribution in [-0.4, -0.2) is 12.4 Å². The molecule has 2 aromatic rings. The van der Waals surface area contributed by atoms with Gasteiger partial charge in [0.05, 0.1) is 18.1 Å². The minimum Gasteiger partial charge on any atom is -0.492 e. The van der Waals surface area contributed by atoms with Gasteiger partial charge in [-0.1, -0.05) is 35.0 Å². The van der Waals surface area contributed by atoms with Gasteiger partial charge in [0.15, 0.2) is 5.78 Å². The van der Waals surface area contributed by atoms with Crippen LogP contribution >= 0.6 is 15.9 Å². The fourth-order valence-corrected chi connectivity index (χ4v) is 2.57. The molecule has 0 radical (unpaired) electrons. The monoisotopic (exact) mass is 290 g/mol. The topological polar surface area (TPSA) is 26.3 Å². The molecule has 2 aromatic carbocycles. The number of hydrogen-bond acceptors (Lipinski definition) is 2. The highest BCUT2D eigenvalue weighted by Gasteiger charge is 2.27. The number of rotatable bonds is 0. The quantitative estimate of drug-likeness (QED) is 0.737. The predicted molar refractivity (Wildman–Crippen MR) is 70.6 cm³/mol. The van der Waals surface area contributed by atoms with Crippen LogP contribution in [-0.2, 0) is 0 Å². The number of carbonyl (C=O) groups is 1. The molecule has 0 aromatic heterocycles. The van der Waals surface area contributed by atoms with Gasteiger partial charge in [-0.3, -0.25) is 4.79 Å². The molecule has 0 fully saturated rings. The summed E-state index contributed by atoms with van der Waals surface area (Å²) in [5.74, 6) is 0.832. The van der Waals surface area contributed by atoms with Crippen LogP contribution in [0.25, 0.3) is 10.8 Å². The summed E-state index contributed by atoms with van der Waals surface area (Å²) in [4.78, 5) is 12.2. The molecule has 0 unspecified atom stereocenters. The van der Waals surface area contributed by atoms with E-state index in [0.717, 1.165) is 20.8 Å². The minimum absolute atomic E-state index is 0.0586. The van der Waals surface area contributed by atoms with E-state index in [9.17, 15) is 4.79 Å². The summed E-state index contributed by atoms with van der Waals surface area (Å²) < 4.78 is 6.63. The molecule has 1 heterocycles. The van der Waals surface area contributed by atoms with E-state index >= 15 is 0 Å². The maximum Gasteiger partial charge on any atom is 0.173 e. The summed E-state index contributed by atoms with van der Waals surface area (Å²) in [5.41, 5.74) is 0.730. The van der Waals surface area contributed by atoms with E-state index in [1.807, 2.05) is 37.3 Å². The summed E-state index contributed by atoms with van der Waals surface area (Å²) in [7, 11) is 0. The Morgan fingerprint density at radius 3 is 2.94 bits per heavy atom. The van der Waals surface area contributed by atoms with Crippen LogP contribution in [0.3, 0.4) is 0 Å². The molecule has 0 bridgehead atoms. The molecule has 1 atom stereocenters. The molecule has 1 aliphatic rings. The van der Waals surface area contributed by atoms with Gasteiger partial charge in [0.25, 0.3) is 0 Å². The van der Waals surface area contributed by atoms with Crippen molar-refractivity contribution < 1.29 is 9.53 Å². The summed E-state index contributed by atoms with van der Waals surface area (Å²) in [6.07, 6.45) is 0. The van der Waals surface area contributed by atoms with Crippen LogP contribution in [0.2, 0.25) is 0 Å². The Kier molecular flexibility index (Phi) is 2.44. The molecule has 0 N–H and O–H groups in total. The van der Waals surface area contributed by atoms with Gasteiger partial charge in [0.1, 0.15) is 5.75 Å². The van der Waals surface area contributed by atoms with Crippen molar-refractivity contribution in [2.24, 2.45) is 5.92 Å². The Morgan fingerprint density at radius 2 is 2.12 bits per heavy atom. The molecule has 17 heavy (non-hydrogen) atoms. The SMILES string of the molecule is C[C@@H]1COc2ccc3cc(Br)ccc3c2C1=O. The molecular formula is C14H11BrO2. The zero-order chi connectivity index (χ0) is 12.0. The van der Waals surface area contributed by atoms with Crippen molar-refractivity contribution in [2.45, 2.75) is 6.92 Å². The number of ketones is 1. The Balaban J connectivity index is 2.34. The number of halogens is 1. The van der Waals surface area contributed by atoms with Crippen LogP contribution in [0, 0.1) is 5.92 Å². The van der Waals surface area contributed by atoms with Crippen molar-refractivity contribution in [1.29, 1.82) is 0 Å². The van der Waals surface area contributed by atoms with Crippen LogP contribution in [0.1, 0.15) is 17.3 Å². The summed E-state index contributed by atoms with van der Waals surface area (Å²) in [6, 6.07) is 9.81. The maximum atomic E-state index is 12.2. The van der Waals surface area contributed by atoms with Gasteiger partial charge >= 0.3 is 0 Å². The highest BCUT2D eigenvalue weighted by molar-refractivity contribution is 9.10. The van der Waals surface area contributed by atoms with E-state index in [1.165, 1.54) is 0 Å². The minimum atomic E-state index is -0.0586. The highest BCUT2D eigenvalue weighted by Crippen LogP contribution is 2.34. The Bertz CT molecular complexity index is 619. The predicted octanol–water partition coefficient (Wildman–Crippen LogP) is 3.81. The van der Waals surface area contributed by atoms with E-state index in [-0.39, 0.29) is 11.7 Å². The number of benzene rings is 2. The second kappa shape index (κ2) is 3.84. The smallest absolute Gasteiger partial charge is 0.173 e. The molecule has 0 amide bonds. The molecule has 0 aliphatic carbocycles. The lowest BCUT2D eigenvalue weighted by Crippen LogP contribution is -2.25. The molecule has 1 aliphatic heterocycles. The average molecular weight is 291 g/mol. The molecule has 2 nitrogen and oxygen atoms in total. The Hall–Kier alpha value is -1.35. The normalized spacial score (nSPS) is 18.9. The number of Topliss-reactive ketones (excluding diaryl/α,β-unsaturated/α-hetero) is 1. The van der Waals surface area contributed by atoms with Crippen LogP contribution in [0.15, 0.2) is 34.8 Å². The molecule has 0 saturated heterocycles. The van der Waals surface area contributed by atoms with Crippen LogP contribution in [0.4, 0.5) is 0 Å². The van der Waals surface area contributed by atoms with Gasteiger partial charge in [-0.2, -0.15) is 0 Å². The molecule has 3 heteroatoms. The van der Waals surface area contributed by atoms with Crippen molar-refractivity contribution in [3.8, 4) is 5.75 Å². The van der Waals surface area contributed by atoms with E-state index in [0.29, 0.717) is 12.4 Å². The Labute approximate surface area is 108 Å². The number of hydrogen-bond donors (Lipinski definition) is 0. The zero-order valence-electron chi connectivity index (χ0n) is 9.37. The highest BCUT2D eigenvalue weighted by atomic mass is 79.9. The Morgan fingerprint density at radius 1 is 1.29 bits per heavy atom. The lowest BCUT2D eigenvalue weighted by atomic mass is 9.92. The number of carbonyl (C=O) groups excluding carboxylic acids is 1. The lowest BCUT2D eigenvalue weighted by molar-refractivity contribution is 0.0851. The first-order valence-electron chi connectivity index (χ1n) is 5.56. The van der Waals surface area contributed by atoms with E-state index in [2.05, 4.69) is 15.9 Å². The lowest BCUT2D eigenvalue weighted by Gasteiger charge is -2.22. The van der Waals surface area contributed by atoms with E-state index in [1.54, 1.807) is 0 Å². The first kappa shape index (κ1) is 10.8. The fraction of sp³-hybridized carbons (Fsp3) is 0.214. The van der Waals surface area contributed by atoms with Crippen molar-refractivity contribution in [1.82, 2.24) is 0 Å². The second-order valence-corrected chi connectivity index (χ2v) is 5.30. The molecular weight excluding hydrogens is 280 g/mol. The molecule has 3 rings (SSSR count). The summed E-state index contributed by atoms with van der Waals surface area (Å²) in [5, 5.41) is 2.03. The van der Waals surface area contributed by atoms with Gasteiger partial charge < -0.3 is 4.74 Å². The third-order valence-corrected chi connectivity index (χ3v) is 3.62. The van der Waals surface area contributed by atoms with E-state index < -0.39 is 0 Å². The molecule has 86 valence electrons. The first-order chi connectivity index (χ1) is 8.16. The third-order valence-electron chi connectivity index (χ3n) is 3.13. The number of ether oxygens (including phenoxy) is 1. The third kappa shape index (κ3) is 1.65. The van der Waals surface area contributed by atoms with Crippen molar-refractivity contribution in [3.05, 3.63) is 40.4 Å². The van der Waals surface area contributed by atoms with Gasteiger partial charge in [0, 0.05) is 4.47 Å². The van der Waals surface area contributed by atoms with E-state index in [4.69, 9.17) is 4.74 Å². The average Bonchev–Trinajstić information content (AvgIpc) is 2.33. The van der Waals surface area contributed by atoms with Crippen molar-refractivity contribution in [2.75, 3.05) is 6.61 Å². The molecule has 0 saturated carbocycles. The second-order valence-electron chi connectivity index (χ2n) is 4.38. The standard InChI is InChI=1S/C14H11BrO2/c1-8-7-17-12-5-2-9-6-10(15)3-4-11(9)13(12)14(8)16/h2-6,8H,7H2,1H3/t8-/m1/s1. The maximum absolute atomic E-state index is 12.2.